The van der Waals surface area contributed by atoms with Gasteiger partial charge in [-0.1, -0.05) is 11.6 Å². The zero-order chi connectivity index (χ0) is 26.8. The van der Waals surface area contributed by atoms with Gasteiger partial charge in [-0.25, -0.2) is 18.2 Å². The van der Waals surface area contributed by atoms with Crippen molar-refractivity contribution in [3.05, 3.63) is 45.2 Å². The summed E-state index contributed by atoms with van der Waals surface area (Å²) in [4.78, 5) is 27.9. The number of aromatic nitrogens is 1. The van der Waals surface area contributed by atoms with Crippen molar-refractivity contribution in [3.8, 4) is 0 Å². The van der Waals surface area contributed by atoms with Crippen molar-refractivity contribution in [2.24, 2.45) is 5.73 Å². The maximum atomic E-state index is 12.8. The lowest BCUT2D eigenvalue weighted by molar-refractivity contribution is -0.192. The van der Waals surface area contributed by atoms with Crippen LogP contribution in [0.3, 0.4) is 0 Å². The van der Waals surface area contributed by atoms with Crippen LogP contribution >= 0.6 is 34.3 Å². The number of carboxylic acid groups (broad SMARTS) is 1. The van der Waals surface area contributed by atoms with E-state index in [1.54, 1.807) is 23.1 Å². The van der Waals surface area contributed by atoms with Crippen LogP contribution in [0.5, 0.6) is 0 Å². The van der Waals surface area contributed by atoms with Crippen LogP contribution in [0.1, 0.15) is 16.9 Å². The largest absolute Gasteiger partial charge is 0.490 e. The number of nitrogens with two attached hydrogens (primary N) is 1. The molecule has 1 aliphatic heterocycles. The third kappa shape index (κ3) is 6.70. The van der Waals surface area contributed by atoms with Gasteiger partial charge in [0, 0.05) is 13.1 Å². The van der Waals surface area contributed by atoms with Gasteiger partial charge in [0.15, 0.2) is 0 Å². The predicted octanol–water partition coefficient (Wildman–Crippen LogP) is 3.01. The van der Waals surface area contributed by atoms with Crippen LogP contribution in [0.15, 0.2) is 33.9 Å². The number of hydrogen-bond acceptors (Lipinski definition) is 8. The van der Waals surface area contributed by atoms with Gasteiger partial charge in [0.05, 0.1) is 15.1 Å². The molecule has 1 aliphatic rings. The average molecular weight is 584 g/mol. The average Bonchev–Trinajstić information content (AvgIpc) is 3.49. The molecule has 3 aromatic rings. The number of amides is 1. The first-order chi connectivity index (χ1) is 16.7. The fourth-order valence-electron chi connectivity index (χ4n) is 3.08. The Bertz CT molecular complexity index is 1420. The molecule has 1 atom stereocenters. The first-order valence-corrected chi connectivity index (χ1v) is 13.3. The summed E-state index contributed by atoms with van der Waals surface area (Å²) >= 11 is 8.28. The van der Waals surface area contributed by atoms with Crippen LogP contribution in [-0.4, -0.2) is 59.9 Å². The Morgan fingerprint density at radius 1 is 1.36 bits per heavy atom. The molecule has 4 heterocycles. The number of amidine groups is 1. The number of halogens is 4. The number of thiophene rings is 2. The number of fused-ring (bicyclic) bond motifs is 1. The second-order valence-corrected chi connectivity index (χ2v) is 11.7. The van der Waals surface area contributed by atoms with Crippen LogP contribution in [0.2, 0.25) is 5.15 Å². The smallest absolute Gasteiger partial charge is 0.475 e. The Kier molecular flexibility index (Phi) is 8.24. The van der Waals surface area contributed by atoms with Gasteiger partial charge in [-0.2, -0.15) is 17.9 Å². The predicted molar refractivity (Wildman–Crippen MR) is 128 cm³/mol. The van der Waals surface area contributed by atoms with Crippen molar-refractivity contribution in [1.29, 1.82) is 5.41 Å². The van der Waals surface area contributed by atoms with Gasteiger partial charge >= 0.3 is 12.1 Å². The number of pyridine rings is 1. The Morgan fingerprint density at radius 2 is 2.03 bits per heavy atom. The summed E-state index contributed by atoms with van der Waals surface area (Å²) in [6.45, 7) is 0.799. The molecule has 17 heteroatoms. The molecule has 0 radical (unpaired) electrons. The number of alkyl halides is 3. The second kappa shape index (κ2) is 10.7. The number of likely N-dealkylation sites (tertiary alicyclic amines) is 1. The fraction of sp³-hybridized carbons (Fsp3) is 0.263. The number of sulfonamides is 1. The lowest BCUT2D eigenvalue weighted by Crippen LogP contribution is -2.41. The number of rotatable bonds is 6. The monoisotopic (exact) mass is 583 g/mol. The molecule has 0 bridgehead atoms. The van der Waals surface area contributed by atoms with Crippen LogP contribution in [0.4, 0.5) is 13.2 Å². The molecule has 0 aliphatic carbocycles. The lowest BCUT2D eigenvalue weighted by Gasteiger charge is -2.16. The first kappa shape index (κ1) is 27.8. The molecule has 194 valence electrons. The molecular weight excluding hydrogens is 567 g/mol. The van der Waals surface area contributed by atoms with Crippen molar-refractivity contribution in [1.82, 2.24) is 14.6 Å². The first-order valence-electron chi connectivity index (χ1n) is 9.76. The number of aliphatic carboxylic acids is 1. The minimum absolute atomic E-state index is 0.0150. The molecule has 0 saturated carbocycles. The summed E-state index contributed by atoms with van der Waals surface area (Å²) in [5.74, 6) is -3.04. The topological polar surface area (TPSA) is 167 Å². The summed E-state index contributed by atoms with van der Waals surface area (Å²) in [5, 5.41) is 16.7. The van der Waals surface area contributed by atoms with Crippen molar-refractivity contribution in [3.63, 3.8) is 0 Å². The molecule has 5 N–H and O–H groups in total. The number of carbonyl (C=O) groups excluding carboxylic acids is 1. The number of nitrogens with zero attached hydrogens (tertiary/aromatic N) is 2. The lowest BCUT2D eigenvalue weighted by atomic mass is 10.3. The van der Waals surface area contributed by atoms with Crippen LogP contribution < -0.4 is 10.5 Å². The molecule has 1 fully saturated rings. The molecule has 0 aromatic carbocycles. The Labute approximate surface area is 215 Å². The maximum absolute atomic E-state index is 12.8. The molecule has 1 amide bonds. The second-order valence-electron chi connectivity index (χ2n) is 7.34. The number of hydrogen-bond donors (Lipinski definition) is 4. The van der Waals surface area contributed by atoms with Gasteiger partial charge in [0.1, 0.15) is 21.2 Å². The zero-order valence-electron chi connectivity index (χ0n) is 17.9. The minimum atomic E-state index is -5.08. The highest BCUT2D eigenvalue weighted by Crippen LogP contribution is 2.29. The van der Waals surface area contributed by atoms with Gasteiger partial charge in [-0.05, 0) is 41.6 Å². The van der Waals surface area contributed by atoms with Gasteiger partial charge in [0.2, 0.25) is 5.91 Å². The van der Waals surface area contributed by atoms with Gasteiger partial charge < -0.3 is 15.7 Å². The molecule has 3 aromatic heterocycles. The Morgan fingerprint density at radius 3 is 2.61 bits per heavy atom. The highest BCUT2D eigenvalue weighted by atomic mass is 35.5. The van der Waals surface area contributed by atoms with E-state index < -0.39 is 28.2 Å². The van der Waals surface area contributed by atoms with E-state index in [2.05, 4.69) is 9.71 Å². The summed E-state index contributed by atoms with van der Waals surface area (Å²) in [7, 11) is -3.86. The SMILES string of the molecule is N=C(N)c1cc(CN2CCC(NS(=O)(=O)c3cc4nc(Cl)ccc4s3)C2=O)cs1.O=C(O)C(F)(F)F. The molecule has 1 unspecified atom stereocenters. The van der Waals surface area contributed by atoms with Crippen LogP contribution in [0, 0.1) is 5.41 Å². The summed E-state index contributed by atoms with van der Waals surface area (Å²) in [6, 6.07) is 5.73. The van der Waals surface area contributed by atoms with Gasteiger partial charge in [-0.15, -0.1) is 22.7 Å². The molecule has 36 heavy (non-hydrogen) atoms. The molecule has 10 nitrogen and oxygen atoms in total. The van der Waals surface area contributed by atoms with Crippen molar-refractivity contribution in [2.45, 2.75) is 29.4 Å². The summed E-state index contributed by atoms with van der Waals surface area (Å²) < 4.78 is 60.6. The van der Waals surface area contributed by atoms with E-state index in [1.165, 1.54) is 17.4 Å². The number of nitrogens with one attached hydrogen (secondary N) is 2. The molecule has 4 rings (SSSR count). The highest BCUT2D eigenvalue weighted by Gasteiger charge is 2.38. The van der Waals surface area contributed by atoms with Crippen molar-refractivity contribution < 1.29 is 36.3 Å². The van der Waals surface area contributed by atoms with E-state index in [-0.39, 0.29) is 21.1 Å². The standard InChI is InChI=1S/C17H16ClN5O3S3.C2HF3O2/c18-14-2-1-12-11(21-14)6-15(28-12)29(25,26)22-10-3-4-23(17(10)24)7-9-5-13(16(19)20)27-8-9;3-2(4,5)1(6)7/h1-2,5-6,8,10,22H,3-4,7H2,(H3,19,20);(H,6,7). The van der Waals surface area contributed by atoms with Crippen molar-refractivity contribution >= 4 is 72.2 Å². The Balaban J connectivity index is 0.000000454. The minimum Gasteiger partial charge on any atom is -0.475 e. The molecular formula is C19H17ClF3N5O5S3. The Hall–Kier alpha value is -2.79. The third-order valence-corrected chi connectivity index (χ3v) is 8.97. The summed E-state index contributed by atoms with van der Waals surface area (Å²) in [5.41, 5.74) is 6.84. The van der Waals surface area contributed by atoms with Crippen LogP contribution in [0.25, 0.3) is 10.2 Å². The number of nitrogen functional groups attached to an aromatic ring is 1. The normalized spacial score (nSPS) is 16.2. The van der Waals surface area contributed by atoms with E-state index in [0.717, 1.165) is 16.9 Å². The van der Waals surface area contributed by atoms with E-state index in [4.69, 9.17) is 32.6 Å². The quantitative estimate of drug-likeness (QED) is 0.196. The van der Waals surface area contributed by atoms with Gasteiger partial charge in [0.25, 0.3) is 10.0 Å². The number of carbonyl (C=O) groups is 2. The molecule has 0 spiro atoms. The zero-order valence-corrected chi connectivity index (χ0v) is 21.1. The molecule has 1 saturated heterocycles. The third-order valence-electron chi connectivity index (χ3n) is 4.71. The van der Waals surface area contributed by atoms with Crippen LogP contribution in [-0.2, 0) is 26.2 Å². The van der Waals surface area contributed by atoms with E-state index in [9.17, 15) is 26.4 Å². The van der Waals surface area contributed by atoms with E-state index in [1.807, 2.05) is 5.38 Å². The maximum Gasteiger partial charge on any atom is 0.490 e. The fourth-order valence-corrected chi connectivity index (χ4v) is 6.56. The summed E-state index contributed by atoms with van der Waals surface area (Å²) in [6.07, 6.45) is -4.70. The van der Waals surface area contributed by atoms with Gasteiger partial charge in [-0.3, -0.25) is 10.2 Å². The van der Waals surface area contributed by atoms with E-state index >= 15 is 0 Å². The van der Waals surface area contributed by atoms with Crippen molar-refractivity contribution in [2.75, 3.05) is 6.54 Å². The number of carboxylic acids is 1. The van der Waals surface area contributed by atoms with E-state index in [0.29, 0.717) is 34.6 Å². The highest BCUT2D eigenvalue weighted by molar-refractivity contribution is 7.91.